The molecule has 0 bridgehead atoms. The lowest BCUT2D eigenvalue weighted by atomic mass is 10.1. The quantitative estimate of drug-likeness (QED) is 0.687. The number of hydrogen-bond donors (Lipinski definition) is 0. The van der Waals surface area contributed by atoms with E-state index in [2.05, 4.69) is 12.1 Å². The van der Waals surface area contributed by atoms with Gasteiger partial charge in [0.2, 0.25) is 0 Å². The number of nitrogens with zero attached hydrogens (tertiary/aromatic N) is 1. The second-order valence-electron chi connectivity index (χ2n) is 3.35. The van der Waals surface area contributed by atoms with E-state index in [1.54, 1.807) is 7.11 Å². The first-order valence-electron chi connectivity index (χ1n) is 4.38. The Balaban J connectivity index is 2.19. The first-order valence-corrected chi connectivity index (χ1v) is 4.38. The van der Waals surface area contributed by atoms with Crippen LogP contribution in [0.25, 0.3) is 0 Å². The highest BCUT2D eigenvalue weighted by Crippen LogP contribution is 2.47. The summed E-state index contributed by atoms with van der Waals surface area (Å²) in [6, 6.07) is 10.3. The average Bonchev–Trinajstić information content (AvgIpc) is 2.97. The van der Waals surface area contributed by atoms with Crippen molar-refractivity contribution in [3.8, 4) is 11.8 Å². The van der Waals surface area contributed by atoms with E-state index >= 15 is 0 Å². The summed E-state index contributed by atoms with van der Waals surface area (Å²) in [5.74, 6) is 1.55. The standard InChI is InChI=1S/C11H11NO/c1-13-10-4-2-3-8(5-10)11-6-9(11)7-12/h2-5,9,11H,6H2,1H3. The van der Waals surface area contributed by atoms with Gasteiger partial charge in [-0.2, -0.15) is 5.26 Å². The van der Waals surface area contributed by atoms with Crippen LogP contribution in [0.15, 0.2) is 24.3 Å². The molecule has 1 aliphatic rings. The maximum atomic E-state index is 8.68. The monoisotopic (exact) mass is 173 g/mol. The zero-order valence-electron chi connectivity index (χ0n) is 7.53. The molecule has 66 valence electrons. The van der Waals surface area contributed by atoms with Crippen LogP contribution in [-0.4, -0.2) is 7.11 Å². The summed E-state index contributed by atoms with van der Waals surface area (Å²) in [6.07, 6.45) is 1.00. The second kappa shape index (κ2) is 3.10. The normalized spacial score (nSPS) is 24.9. The summed E-state index contributed by atoms with van der Waals surface area (Å²) in [4.78, 5) is 0. The van der Waals surface area contributed by atoms with Crippen LogP contribution in [0.2, 0.25) is 0 Å². The van der Waals surface area contributed by atoms with Gasteiger partial charge in [0.05, 0.1) is 19.1 Å². The van der Waals surface area contributed by atoms with Gasteiger partial charge in [-0.05, 0) is 24.1 Å². The molecule has 0 radical (unpaired) electrons. The number of benzene rings is 1. The van der Waals surface area contributed by atoms with Gasteiger partial charge in [-0.3, -0.25) is 0 Å². The minimum atomic E-state index is 0.229. The summed E-state index contributed by atoms with van der Waals surface area (Å²) in [5.41, 5.74) is 1.23. The van der Waals surface area contributed by atoms with E-state index in [-0.39, 0.29) is 5.92 Å². The lowest BCUT2D eigenvalue weighted by Crippen LogP contribution is -1.85. The zero-order chi connectivity index (χ0) is 9.26. The van der Waals surface area contributed by atoms with Crippen molar-refractivity contribution >= 4 is 0 Å². The fourth-order valence-corrected chi connectivity index (χ4v) is 1.58. The predicted molar refractivity (Wildman–Crippen MR) is 49.5 cm³/mol. The van der Waals surface area contributed by atoms with Crippen molar-refractivity contribution in [3.63, 3.8) is 0 Å². The molecule has 13 heavy (non-hydrogen) atoms. The van der Waals surface area contributed by atoms with E-state index in [9.17, 15) is 0 Å². The Morgan fingerprint density at radius 1 is 1.54 bits per heavy atom. The fraction of sp³-hybridized carbons (Fsp3) is 0.364. The van der Waals surface area contributed by atoms with Gasteiger partial charge in [0, 0.05) is 5.92 Å². The van der Waals surface area contributed by atoms with Gasteiger partial charge in [0.1, 0.15) is 5.75 Å². The third kappa shape index (κ3) is 1.50. The zero-order valence-corrected chi connectivity index (χ0v) is 7.53. The third-order valence-corrected chi connectivity index (χ3v) is 2.48. The highest BCUT2D eigenvalue weighted by molar-refractivity contribution is 5.35. The van der Waals surface area contributed by atoms with Crippen molar-refractivity contribution in [2.24, 2.45) is 5.92 Å². The van der Waals surface area contributed by atoms with E-state index in [0.717, 1.165) is 12.2 Å². The SMILES string of the molecule is COc1cccc(C2CC2C#N)c1. The van der Waals surface area contributed by atoms with Crippen LogP contribution in [0.3, 0.4) is 0 Å². The minimum absolute atomic E-state index is 0.229. The minimum Gasteiger partial charge on any atom is -0.497 e. The number of rotatable bonds is 2. The Morgan fingerprint density at radius 3 is 3.00 bits per heavy atom. The van der Waals surface area contributed by atoms with Crippen molar-refractivity contribution < 1.29 is 4.74 Å². The summed E-state index contributed by atoms with van der Waals surface area (Å²) in [6.45, 7) is 0. The summed E-state index contributed by atoms with van der Waals surface area (Å²) in [5, 5.41) is 8.68. The number of ether oxygens (including phenoxy) is 1. The van der Waals surface area contributed by atoms with Crippen molar-refractivity contribution in [2.75, 3.05) is 7.11 Å². The Hall–Kier alpha value is -1.49. The molecular formula is C11H11NO. The topological polar surface area (TPSA) is 33.0 Å². The maximum absolute atomic E-state index is 8.68. The van der Waals surface area contributed by atoms with E-state index in [0.29, 0.717) is 5.92 Å². The molecule has 0 aromatic heterocycles. The van der Waals surface area contributed by atoms with Gasteiger partial charge < -0.3 is 4.74 Å². The van der Waals surface area contributed by atoms with Gasteiger partial charge >= 0.3 is 0 Å². The predicted octanol–water partition coefficient (Wildman–Crippen LogP) is 2.32. The molecule has 0 amide bonds. The molecule has 2 unspecified atom stereocenters. The number of nitriles is 1. The number of hydrogen-bond acceptors (Lipinski definition) is 2. The molecule has 2 rings (SSSR count). The van der Waals surface area contributed by atoms with Crippen molar-refractivity contribution in [3.05, 3.63) is 29.8 Å². The Labute approximate surface area is 77.8 Å². The molecule has 1 fully saturated rings. The summed E-state index contributed by atoms with van der Waals surface area (Å²) < 4.78 is 5.12. The molecule has 0 aliphatic heterocycles. The Kier molecular flexibility index (Phi) is 1.94. The van der Waals surface area contributed by atoms with E-state index in [1.165, 1.54) is 5.56 Å². The molecule has 1 saturated carbocycles. The maximum Gasteiger partial charge on any atom is 0.119 e. The lowest BCUT2D eigenvalue weighted by molar-refractivity contribution is 0.414. The molecule has 2 atom stereocenters. The highest BCUT2D eigenvalue weighted by atomic mass is 16.5. The van der Waals surface area contributed by atoms with Crippen LogP contribution in [0.1, 0.15) is 17.9 Å². The first-order chi connectivity index (χ1) is 6.35. The third-order valence-electron chi connectivity index (χ3n) is 2.48. The molecule has 1 aromatic rings. The highest BCUT2D eigenvalue weighted by Gasteiger charge is 2.38. The molecule has 1 aliphatic carbocycles. The molecule has 0 heterocycles. The Bertz CT molecular complexity index is 353. The van der Waals surface area contributed by atoms with Gasteiger partial charge in [0.15, 0.2) is 0 Å². The van der Waals surface area contributed by atoms with Crippen LogP contribution >= 0.6 is 0 Å². The average molecular weight is 173 g/mol. The fourth-order valence-electron chi connectivity index (χ4n) is 1.58. The molecule has 0 spiro atoms. The van der Waals surface area contributed by atoms with Crippen LogP contribution in [-0.2, 0) is 0 Å². The van der Waals surface area contributed by atoms with Gasteiger partial charge in [-0.15, -0.1) is 0 Å². The van der Waals surface area contributed by atoms with Crippen LogP contribution in [0.4, 0.5) is 0 Å². The molecule has 0 N–H and O–H groups in total. The Morgan fingerprint density at radius 2 is 2.38 bits per heavy atom. The molecule has 0 saturated heterocycles. The van der Waals surface area contributed by atoms with Crippen LogP contribution in [0.5, 0.6) is 5.75 Å². The molecule has 2 heteroatoms. The lowest BCUT2D eigenvalue weighted by Gasteiger charge is -2.01. The molecular weight excluding hydrogens is 162 g/mol. The van der Waals surface area contributed by atoms with Gasteiger partial charge in [-0.25, -0.2) is 0 Å². The second-order valence-corrected chi connectivity index (χ2v) is 3.35. The van der Waals surface area contributed by atoms with Crippen LogP contribution in [0, 0.1) is 17.2 Å². The smallest absolute Gasteiger partial charge is 0.119 e. The van der Waals surface area contributed by atoms with Crippen molar-refractivity contribution in [2.45, 2.75) is 12.3 Å². The largest absolute Gasteiger partial charge is 0.497 e. The van der Waals surface area contributed by atoms with Crippen LogP contribution < -0.4 is 4.74 Å². The van der Waals surface area contributed by atoms with E-state index in [4.69, 9.17) is 10.00 Å². The number of methoxy groups -OCH3 is 1. The summed E-state index contributed by atoms with van der Waals surface area (Å²) >= 11 is 0. The summed E-state index contributed by atoms with van der Waals surface area (Å²) in [7, 11) is 1.66. The van der Waals surface area contributed by atoms with E-state index < -0.39 is 0 Å². The molecule has 1 aromatic carbocycles. The van der Waals surface area contributed by atoms with Crippen molar-refractivity contribution in [1.29, 1.82) is 5.26 Å². The van der Waals surface area contributed by atoms with Gasteiger partial charge in [-0.1, -0.05) is 12.1 Å². The first kappa shape index (κ1) is 8.12. The van der Waals surface area contributed by atoms with E-state index in [1.807, 2.05) is 18.2 Å². The van der Waals surface area contributed by atoms with Gasteiger partial charge in [0.25, 0.3) is 0 Å². The molecule has 2 nitrogen and oxygen atoms in total. The van der Waals surface area contributed by atoms with Crippen molar-refractivity contribution in [1.82, 2.24) is 0 Å².